The van der Waals surface area contributed by atoms with Gasteiger partial charge in [0.05, 0.1) is 5.75 Å². The molecule has 2 heterocycles. The first-order valence-electron chi connectivity index (χ1n) is 6.10. The van der Waals surface area contributed by atoms with Gasteiger partial charge in [0.15, 0.2) is 0 Å². The van der Waals surface area contributed by atoms with Crippen LogP contribution in [0.1, 0.15) is 18.5 Å². The van der Waals surface area contributed by atoms with E-state index in [9.17, 15) is 8.42 Å². The molecule has 0 aromatic carbocycles. The van der Waals surface area contributed by atoms with Crippen LogP contribution in [0.2, 0.25) is 0 Å². The SMILES string of the molecule is O=S(=O)(CCc1ccccn1)N1CCCC(Br)C1. The van der Waals surface area contributed by atoms with Gasteiger partial charge in [0, 0.05) is 36.2 Å². The number of halogens is 1. The number of pyridine rings is 1. The summed E-state index contributed by atoms with van der Waals surface area (Å²) in [5.74, 6) is 0.143. The lowest BCUT2D eigenvalue weighted by atomic mass is 10.2. The van der Waals surface area contributed by atoms with Crippen molar-refractivity contribution in [2.24, 2.45) is 0 Å². The third-order valence-electron chi connectivity index (χ3n) is 3.06. The number of piperidine rings is 1. The van der Waals surface area contributed by atoms with Gasteiger partial charge in [-0.2, -0.15) is 0 Å². The zero-order valence-corrected chi connectivity index (χ0v) is 12.5. The van der Waals surface area contributed by atoms with Gasteiger partial charge in [-0.15, -0.1) is 0 Å². The topological polar surface area (TPSA) is 50.3 Å². The van der Waals surface area contributed by atoms with Gasteiger partial charge >= 0.3 is 0 Å². The molecule has 0 spiro atoms. The first-order valence-corrected chi connectivity index (χ1v) is 8.62. The zero-order valence-electron chi connectivity index (χ0n) is 10.1. The lowest BCUT2D eigenvalue weighted by molar-refractivity contribution is 0.356. The van der Waals surface area contributed by atoms with Crippen molar-refractivity contribution >= 4 is 26.0 Å². The molecule has 1 aliphatic rings. The maximum absolute atomic E-state index is 12.2. The smallest absolute Gasteiger partial charge is 0.214 e. The highest BCUT2D eigenvalue weighted by Crippen LogP contribution is 2.19. The molecule has 2 rings (SSSR count). The molecular weight excluding hydrogens is 316 g/mol. The van der Waals surface area contributed by atoms with Gasteiger partial charge in [-0.05, 0) is 25.0 Å². The molecule has 0 N–H and O–H groups in total. The van der Waals surface area contributed by atoms with Crippen molar-refractivity contribution in [3.8, 4) is 0 Å². The van der Waals surface area contributed by atoms with Crippen molar-refractivity contribution in [1.82, 2.24) is 9.29 Å². The predicted octanol–water partition coefficient (Wildman–Crippen LogP) is 1.81. The lowest BCUT2D eigenvalue weighted by Gasteiger charge is -2.29. The van der Waals surface area contributed by atoms with Gasteiger partial charge in [0.25, 0.3) is 0 Å². The van der Waals surface area contributed by atoms with E-state index >= 15 is 0 Å². The van der Waals surface area contributed by atoms with Crippen molar-refractivity contribution in [3.05, 3.63) is 30.1 Å². The average molecular weight is 333 g/mol. The molecule has 1 aliphatic heterocycles. The van der Waals surface area contributed by atoms with E-state index in [4.69, 9.17) is 0 Å². The molecule has 0 aliphatic carbocycles. The standard InChI is InChI=1S/C12H17BrN2O2S/c13-11-4-3-8-15(10-11)18(16,17)9-6-12-5-1-2-7-14-12/h1-2,5,7,11H,3-4,6,8-10H2. The largest absolute Gasteiger partial charge is 0.261 e. The van der Waals surface area contributed by atoms with E-state index in [0.717, 1.165) is 18.5 Å². The molecule has 1 unspecified atom stereocenters. The summed E-state index contributed by atoms with van der Waals surface area (Å²) in [4.78, 5) is 4.44. The molecule has 1 saturated heterocycles. The molecule has 1 atom stereocenters. The number of rotatable bonds is 4. The Labute approximate surface area is 117 Å². The fourth-order valence-corrected chi connectivity index (χ4v) is 4.46. The summed E-state index contributed by atoms with van der Waals surface area (Å²) < 4.78 is 26.0. The molecule has 6 heteroatoms. The number of hydrogen-bond acceptors (Lipinski definition) is 3. The second-order valence-electron chi connectivity index (χ2n) is 4.48. The number of nitrogens with zero attached hydrogens (tertiary/aromatic N) is 2. The van der Waals surface area contributed by atoms with Gasteiger partial charge in [-0.25, -0.2) is 12.7 Å². The number of alkyl halides is 1. The van der Waals surface area contributed by atoms with Gasteiger partial charge in [-0.3, -0.25) is 4.98 Å². The molecule has 100 valence electrons. The molecule has 0 bridgehead atoms. The summed E-state index contributed by atoms with van der Waals surface area (Å²) in [5, 5.41) is 0. The minimum atomic E-state index is -3.15. The first-order chi connectivity index (χ1) is 8.58. The summed E-state index contributed by atoms with van der Waals surface area (Å²) in [5.41, 5.74) is 0.827. The van der Waals surface area contributed by atoms with Crippen LogP contribution >= 0.6 is 15.9 Å². The van der Waals surface area contributed by atoms with Crippen LogP contribution in [0.15, 0.2) is 24.4 Å². The first kappa shape index (κ1) is 14.0. The summed E-state index contributed by atoms with van der Waals surface area (Å²) in [6.07, 6.45) is 4.15. The molecule has 0 amide bonds. The Morgan fingerprint density at radius 3 is 2.94 bits per heavy atom. The van der Waals surface area contributed by atoms with Crippen LogP contribution in [0.3, 0.4) is 0 Å². The highest BCUT2D eigenvalue weighted by atomic mass is 79.9. The van der Waals surface area contributed by atoms with Crippen LogP contribution < -0.4 is 0 Å². The molecular formula is C12H17BrN2O2S. The van der Waals surface area contributed by atoms with Gasteiger partial charge in [-0.1, -0.05) is 22.0 Å². The van der Waals surface area contributed by atoms with E-state index in [0.29, 0.717) is 19.5 Å². The highest BCUT2D eigenvalue weighted by molar-refractivity contribution is 9.09. The van der Waals surface area contributed by atoms with Crippen molar-refractivity contribution in [2.75, 3.05) is 18.8 Å². The van der Waals surface area contributed by atoms with Crippen LogP contribution in [0.4, 0.5) is 0 Å². The van der Waals surface area contributed by atoms with Crippen molar-refractivity contribution in [2.45, 2.75) is 24.1 Å². The molecule has 18 heavy (non-hydrogen) atoms. The Morgan fingerprint density at radius 1 is 1.44 bits per heavy atom. The normalized spacial score (nSPS) is 21.9. The van der Waals surface area contributed by atoms with Gasteiger partial charge < -0.3 is 0 Å². The van der Waals surface area contributed by atoms with Crippen LogP contribution in [0.5, 0.6) is 0 Å². The number of sulfonamides is 1. The fourth-order valence-electron chi connectivity index (χ4n) is 2.05. The molecule has 0 radical (unpaired) electrons. The Balaban J connectivity index is 1.95. The summed E-state index contributed by atoms with van der Waals surface area (Å²) in [6, 6.07) is 5.57. The summed E-state index contributed by atoms with van der Waals surface area (Å²) >= 11 is 3.50. The third-order valence-corrected chi connectivity index (χ3v) is 5.65. The number of aromatic nitrogens is 1. The molecule has 1 aromatic heterocycles. The van der Waals surface area contributed by atoms with Crippen molar-refractivity contribution in [1.29, 1.82) is 0 Å². The minimum Gasteiger partial charge on any atom is -0.261 e. The summed E-state index contributed by atoms with van der Waals surface area (Å²) in [7, 11) is -3.15. The number of aryl methyl sites for hydroxylation is 1. The van der Waals surface area contributed by atoms with E-state index in [-0.39, 0.29) is 10.6 Å². The zero-order chi connectivity index (χ0) is 13.0. The summed E-state index contributed by atoms with van der Waals surface area (Å²) in [6.45, 7) is 1.23. The van der Waals surface area contributed by atoms with Gasteiger partial charge in [0.1, 0.15) is 0 Å². The van der Waals surface area contributed by atoms with Crippen LogP contribution in [0, 0.1) is 0 Å². The second kappa shape index (κ2) is 6.12. The quantitative estimate of drug-likeness (QED) is 0.790. The number of hydrogen-bond donors (Lipinski definition) is 0. The molecule has 1 fully saturated rings. The van der Waals surface area contributed by atoms with E-state index < -0.39 is 10.0 Å². The molecule has 0 saturated carbocycles. The molecule has 1 aromatic rings. The molecule has 4 nitrogen and oxygen atoms in total. The fraction of sp³-hybridized carbons (Fsp3) is 0.583. The van der Waals surface area contributed by atoms with Crippen LogP contribution in [-0.4, -0.2) is 41.4 Å². The average Bonchev–Trinajstić information content (AvgIpc) is 2.38. The van der Waals surface area contributed by atoms with Crippen molar-refractivity contribution in [3.63, 3.8) is 0 Å². The predicted molar refractivity (Wildman–Crippen MR) is 75.2 cm³/mol. The van der Waals surface area contributed by atoms with Crippen molar-refractivity contribution < 1.29 is 8.42 Å². The maximum Gasteiger partial charge on any atom is 0.214 e. The highest BCUT2D eigenvalue weighted by Gasteiger charge is 2.27. The maximum atomic E-state index is 12.2. The van der Waals surface area contributed by atoms with E-state index in [2.05, 4.69) is 20.9 Å². The second-order valence-corrected chi connectivity index (χ2v) is 7.87. The monoisotopic (exact) mass is 332 g/mol. The van der Waals surface area contributed by atoms with E-state index in [1.807, 2.05) is 18.2 Å². The lowest BCUT2D eigenvalue weighted by Crippen LogP contribution is -2.41. The Hall–Kier alpha value is -0.460. The minimum absolute atomic E-state index is 0.143. The van der Waals surface area contributed by atoms with Gasteiger partial charge in [0.2, 0.25) is 10.0 Å². The van der Waals surface area contributed by atoms with E-state index in [1.165, 1.54) is 0 Å². The van der Waals surface area contributed by atoms with E-state index in [1.54, 1.807) is 10.5 Å². The third kappa shape index (κ3) is 3.76. The Kier molecular flexibility index (Phi) is 4.75. The van der Waals surface area contributed by atoms with Crippen LogP contribution in [0.25, 0.3) is 0 Å². The Bertz CT molecular complexity index is 478. The Morgan fingerprint density at radius 2 is 2.28 bits per heavy atom. The van der Waals surface area contributed by atoms with Crippen LogP contribution in [-0.2, 0) is 16.4 Å².